The number of ether oxygens (including phenoxy) is 2. The second-order valence-electron chi connectivity index (χ2n) is 1.75. The first-order valence-electron chi connectivity index (χ1n) is 2.53. The molecule has 1 unspecified atom stereocenters. The second-order valence-corrected chi connectivity index (χ2v) is 3.28. The number of rotatable bonds is 1. The fourth-order valence-corrected chi connectivity index (χ4v) is 0.992. The third-order valence-electron chi connectivity index (χ3n) is 1.00. The van der Waals surface area contributed by atoms with Gasteiger partial charge >= 0.3 is 0 Å². The van der Waals surface area contributed by atoms with Crippen LogP contribution < -0.4 is 0 Å². The maximum Gasteiger partial charge on any atom is 0.264 e. The van der Waals surface area contributed by atoms with Gasteiger partial charge in [0.05, 0.1) is 6.61 Å². The summed E-state index contributed by atoms with van der Waals surface area (Å²) in [7, 11) is 0. The largest absolute Gasteiger partial charge is 0.330 e. The molecule has 1 fully saturated rings. The fourth-order valence-electron chi connectivity index (χ4n) is 0.572. The monoisotopic (exact) mass is 164 g/mol. The quantitative estimate of drug-likeness (QED) is 0.343. The lowest BCUT2D eigenvalue weighted by atomic mass is 10.4. The minimum Gasteiger partial charge on any atom is -0.330 e. The lowest BCUT2D eigenvalue weighted by Crippen LogP contribution is -2.13. The molecule has 2 nitrogen and oxygen atoms in total. The molecule has 1 aliphatic rings. The number of hydrogen-bond donors (Lipinski definition) is 2. The predicted molar refractivity (Wildman–Crippen MR) is 41.7 cm³/mol. The topological polar surface area (TPSA) is 18.5 Å². The van der Waals surface area contributed by atoms with E-state index in [0.29, 0.717) is 6.61 Å². The van der Waals surface area contributed by atoms with Crippen molar-refractivity contribution in [2.45, 2.75) is 10.6 Å². The summed E-state index contributed by atoms with van der Waals surface area (Å²) in [6.45, 7) is 4.02. The Morgan fingerprint density at radius 2 is 2.33 bits per heavy atom. The third-order valence-corrected chi connectivity index (χ3v) is 1.47. The van der Waals surface area contributed by atoms with Gasteiger partial charge in [0.25, 0.3) is 4.45 Å². The van der Waals surface area contributed by atoms with E-state index in [0.717, 1.165) is 0 Å². The van der Waals surface area contributed by atoms with Gasteiger partial charge < -0.3 is 9.47 Å². The van der Waals surface area contributed by atoms with Crippen LogP contribution in [0.5, 0.6) is 0 Å². The van der Waals surface area contributed by atoms with Gasteiger partial charge in [-0.25, -0.2) is 0 Å². The number of hydrogen-bond acceptors (Lipinski definition) is 4. The van der Waals surface area contributed by atoms with Crippen molar-refractivity contribution in [3.05, 3.63) is 12.7 Å². The van der Waals surface area contributed by atoms with Gasteiger partial charge in [0, 0.05) is 0 Å². The average molecular weight is 164 g/mol. The Morgan fingerprint density at radius 1 is 1.67 bits per heavy atom. The Morgan fingerprint density at radius 3 is 2.56 bits per heavy atom. The van der Waals surface area contributed by atoms with Crippen LogP contribution in [-0.4, -0.2) is 17.2 Å². The summed E-state index contributed by atoms with van der Waals surface area (Å²) in [6.07, 6.45) is 1.59. The zero-order chi connectivity index (χ0) is 6.91. The smallest absolute Gasteiger partial charge is 0.264 e. The molecule has 0 spiro atoms. The van der Waals surface area contributed by atoms with Crippen molar-refractivity contribution in [1.82, 2.24) is 0 Å². The van der Waals surface area contributed by atoms with Crippen LogP contribution in [0.2, 0.25) is 0 Å². The third kappa shape index (κ3) is 1.89. The van der Waals surface area contributed by atoms with Crippen molar-refractivity contribution in [2.24, 2.45) is 0 Å². The molecule has 1 saturated heterocycles. The Hall–Kier alpha value is 0.360. The molecule has 1 rings (SSSR count). The van der Waals surface area contributed by atoms with Crippen LogP contribution in [0.4, 0.5) is 0 Å². The fraction of sp³-hybridized carbons (Fsp3) is 0.600. The molecular weight excluding hydrogens is 156 g/mol. The van der Waals surface area contributed by atoms with Gasteiger partial charge in [0.2, 0.25) is 0 Å². The molecule has 1 atom stereocenters. The summed E-state index contributed by atoms with van der Waals surface area (Å²) in [5, 5.41) is 0. The Bertz CT molecular complexity index is 124. The molecule has 0 amide bonds. The lowest BCUT2D eigenvalue weighted by Gasteiger charge is -2.12. The molecule has 0 aliphatic carbocycles. The second kappa shape index (κ2) is 2.54. The summed E-state index contributed by atoms with van der Waals surface area (Å²) < 4.78 is 9.05. The molecule has 4 heteroatoms. The highest BCUT2D eigenvalue weighted by molar-refractivity contribution is 8.00. The summed E-state index contributed by atoms with van der Waals surface area (Å²) >= 11 is 7.87. The van der Waals surface area contributed by atoms with Gasteiger partial charge in [-0.15, -0.1) is 31.8 Å². The molecular formula is C5H8O2S2. The lowest BCUT2D eigenvalue weighted by molar-refractivity contribution is -0.00379. The number of thiol groups is 2. The molecule has 0 saturated carbocycles. The summed E-state index contributed by atoms with van der Waals surface area (Å²) in [6, 6.07) is 0. The molecule has 0 aromatic carbocycles. The molecule has 9 heavy (non-hydrogen) atoms. The minimum absolute atomic E-state index is 0.0694. The van der Waals surface area contributed by atoms with Crippen molar-refractivity contribution in [1.29, 1.82) is 0 Å². The minimum atomic E-state index is -1.02. The van der Waals surface area contributed by atoms with Crippen molar-refractivity contribution in [2.75, 3.05) is 6.61 Å². The van der Waals surface area contributed by atoms with Crippen molar-refractivity contribution in [3.8, 4) is 0 Å². The van der Waals surface area contributed by atoms with Crippen LogP contribution in [0.25, 0.3) is 0 Å². The van der Waals surface area contributed by atoms with Gasteiger partial charge in [0.1, 0.15) is 6.10 Å². The van der Waals surface area contributed by atoms with E-state index >= 15 is 0 Å². The van der Waals surface area contributed by atoms with E-state index in [2.05, 4.69) is 31.8 Å². The molecule has 0 aromatic heterocycles. The van der Waals surface area contributed by atoms with Crippen LogP contribution in [0.3, 0.4) is 0 Å². The summed E-state index contributed by atoms with van der Waals surface area (Å²) in [5.41, 5.74) is 0. The first kappa shape index (κ1) is 7.47. The summed E-state index contributed by atoms with van der Waals surface area (Å²) in [4.78, 5) is 0. The van der Waals surface area contributed by atoms with Gasteiger partial charge in [-0.05, 0) is 0 Å². The Kier molecular flexibility index (Phi) is 2.10. The molecule has 0 aromatic rings. The van der Waals surface area contributed by atoms with Crippen molar-refractivity contribution < 1.29 is 9.47 Å². The SMILES string of the molecule is C=CC1COC(S)(S)O1. The Labute approximate surface area is 65.0 Å². The van der Waals surface area contributed by atoms with Crippen LogP contribution in [-0.2, 0) is 9.47 Å². The van der Waals surface area contributed by atoms with E-state index < -0.39 is 4.45 Å². The average Bonchev–Trinajstić information content (AvgIpc) is 2.10. The van der Waals surface area contributed by atoms with Gasteiger partial charge in [-0.3, -0.25) is 0 Å². The van der Waals surface area contributed by atoms with E-state index in [-0.39, 0.29) is 6.10 Å². The van der Waals surface area contributed by atoms with E-state index in [1.807, 2.05) is 0 Å². The van der Waals surface area contributed by atoms with E-state index in [1.165, 1.54) is 0 Å². The molecule has 1 aliphatic heterocycles. The van der Waals surface area contributed by atoms with E-state index in [4.69, 9.17) is 9.47 Å². The highest BCUT2D eigenvalue weighted by Crippen LogP contribution is 2.30. The maximum atomic E-state index is 5.09. The highest BCUT2D eigenvalue weighted by Gasteiger charge is 2.33. The zero-order valence-electron chi connectivity index (χ0n) is 4.78. The molecule has 1 heterocycles. The molecule has 0 bridgehead atoms. The van der Waals surface area contributed by atoms with Crippen LogP contribution >= 0.6 is 25.3 Å². The van der Waals surface area contributed by atoms with Crippen LogP contribution in [0, 0.1) is 0 Å². The Balaban J connectivity index is 2.47. The zero-order valence-corrected chi connectivity index (χ0v) is 6.57. The first-order valence-corrected chi connectivity index (χ1v) is 3.42. The normalized spacial score (nSPS) is 32.4. The molecule has 52 valence electrons. The van der Waals surface area contributed by atoms with Gasteiger partial charge in [-0.1, -0.05) is 6.08 Å². The van der Waals surface area contributed by atoms with E-state index in [1.54, 1.807) is 6.08 Å². The van der Waals surface area contributed by atoms with Crippen molar-refractivity contribution in [3.63, 3.8) is 0 Å². The van der Waals surface area contributed by atoms with Gasteiger partial charge in [-0.2, -0.15) is 0 Å². The molecule has 0 radical (unpaired) electrons. The predicted octanol–water partition coefficient (Wildman–Crippen LogP) is 1.06. The van der Waals surface area contributed by atoms with Crippen molar-refractivity contribution >= 4 is 25.3 Å². The van der Waals surface area contributed by atoms with E-state index in [9.17, 15) is 0 Å². The standard InChI is InChI=1S/C5H8O2S2/c1-2-4-3-6-5(8,9)7-4/h2,4,8-9H,1,3H2. The maximum absolute atomic E-state index is 5.09. The molecule has 0 N–H and O–H groups in total. The van der Waals surface area contributed by atoms with Gasteiger partial charge in [0.15, 0.2) is 0 Å². The van der Waals surface area contributed by atoms with Crippen LogP contribution in [0.15, 0.2) is 12.7 Å². The highest BCUT2D eigenvalue weighted by atomic mass is 32.2. The van der Waals surface area contributed by atoms with Crippen LogP contribution in [0.1, 0.15) is 0 Å². The first-order chi connectivity index (χ1) is 4.14. The summed E-state index contributed by atoms with van der Waals surface area (Å²) in [5.74, 6) is 0.